The molecule has 0 spiro atoms. The van der Waals surface area contributed by atoms with Crippen molar-refractivity contribution in [3.05, 3.63) is 57.8 Å². The molecule has 0 aliphatic heterocycles. The van der Waals surface area contributed by atoms with Crippen molar-refractivity contribution in [3.63, 3.8) is 0 Å². The van der Waals surface area contributed by atoms with E-state index in [2.05, 4.69) is 0 Å². The molecule has 0 bridgehead atoms. The van der Waals surface area contributed by atoms with Crippen LogP contribution >= 0.6 is 11.3 Å². The summed E-state index contributed by atoms with van der Waals surface area (Å²) < 4.78 is 5.37. The smallest absolute Gasteiger partial charge is 0.340 e. The van der Waals surface area contributed by atoms with E-state index in [0.717, 1.165) is 16.0 Å². The minimum Gasteiger partial charge on any atom is -0.449 e. The average molecular weight is 343 g/mol. The van der Waals surface area contributed by atoms with Crippen LogP contribution < -0.4 is 0 Å². The molecular weight excluding hydrogens is 322 g/mol. The summed E-state index contributed by atoms with van der Waals surface area (Å²) in [7, 11) is 3.27. The normalized spacial score (nSPS) is 12.6. The van der Waals surface area contributed by atoms with E-state index in [1.54, 1.807) is 27.1 Å². The fraction of sp³-hybridized carbons (Fsp3) is 0.263. The molecule has 0 unspecified atom stereocenters. The Hall–Kier alpha value is -2.40. The summed E-state index contributed by atoms with van der Waals surface area (Å²) in [4.78, 5) is 26.8. The minimum atomic E-state index is -0.826. The highest BCUT2D eigenvalue weighted by molar-refractivity contribution is 7.11. The lowest BCUT2D eigenvalue weighted by Crippen LogP contribution is -2.35. The first-order valence-electron chi connectivity index (χ1n) is 7.63. The number of carbonyl (C=O) groups excluding carboxylic acids is 2. The van der Waals surface area contributed by atoms with Gasteiger partial charge in [0.1, 0.15) is 0 Å². The van der Waals surface area contributed by atoms with E-state index in [-0.39, 0.29) is 5.91 Å². The van der Waals surface area contributed by atoms with Gasteiger partial charge in [0.15, 0.2) is 6.10 Å². The van der Waals surface area contributed by atoms with Crippen LogP contribution in [0, 0.1) is 6.92 Å². The van der Waals surface area contributed by atoms with Crippen LogP contribution in [-0.2, 0) is 14.3 Å². The molecule has 0 fully saturated rings. The van der Waals surface area contributed by atoms with Crippen molar-refractivity contribution in [3.8, 4) is 0 Å². The van der Waals surface area contributed by atoms with Gasteiger partial charge in [-0.3, -0.25) is 4.79 Å². The van der Waals surface area contributed by atoms with Gasteiger partial charge in [0, 0.05) is 19.0 Å². The first kappa shape index (κ1) is 17.9. The lowest BCUT2D eigenvalue weighted by molar-refractivity contribution is -0.153. The molecule has 1 atom stereocenters. The third kappa shape index (κ3) is 4.55. The summed E-state index contributed by atoms with van der Waals surface area (Å²) in [5, 5.41) is 1.90. The molecule has 5 heteroatoms. The molecular formula is C19H21NO3S. The number of carbonyl (C=O) groups is 2. The number of hydrogen-bond acceptors (Lipinski definition) is 4. The van der Waals surface area contributed by atoms with Gasteiger partial charge < -0.3 is 9.64 Å². The van der Waals surface area contributed by atoms with Crippen molar-refractivity contribution in [2.45, 2.75) is 20.0 Å². The lowest BCUT2D eigenvalue weighted by atomic mass is 10.1. The van der Waals surface area contributed by atoms with Gasteiger partial charge in [-0.1, -0.05) is 35.9 Å². The molecule has 1 aromatic heterocycles. The summed E-state index contributed by atoms with van der Waals surface area (Å²) in [5.41, 5.74) is 2.48. The van der Waals surface area contributed by atoms with Gasteiger partial charge in [0.05, 0.1) is 5.57 Å². The third-order valence-corrected chi connectivity index (χ3v) is 4.34. The number of ether oxygens (including phenoxy) is 1. The van der Waals surface area contributed by atoms with E-state index in [9.17, 15) is 9.59 Å². The fourth-order valence-electron chi connectivity index (χ4n) is 2.23. The quantitative estimate of drug-likeness (QED) is 0.615. The Balaban J connectivity index is 2.30. The van der Waals surface area contributed by atoms with Crippen molar-refractivity contribution < 1.29 is 14.3 Å². The number of rotatable bonds is 5. The molecule has 0 radical (unpaired) electrons. The molecule has 24 heavy (non-hydrogen) atoms. The number of nitrogens with zero attached hydrogens (tertiary/aromatic N) is 1. The number of amides is 1. The summed E-state index contributed by atoms with van der Waals surface area (Å²) in [6.45, 7) is 3.58. The Morgan fingerprint density at radius 3 is 2.54 bits per heavy atom. The lowest BCUT2D eigenvalue weighted by Gasteiger charge is -2.18. The second-order valence-electron chi connectivity index (χ2n) is 5.73. The number of hydrogen-bond donors (Lipinski definition) is 0. The topological polar surface area (TPSA) is 46.6 Å². The van der Waals surface area contributed by atoms with Crippen LogP contribution in [-0.4, -0.2) is 37.0 Å². The Kier molecular flexibility index (Phi) is 5.93. The van der Waals surface area contributed by atoms with Gasteiger partial charge in [-0.25, -0.2) is 4.79 Å². The van der Waals surface area contributed by atoms with Crippen molar-refractivity contribution in [1.29, 1.82) is 0 Å². The minimum absolute atomic E-state index is 0.246. The van der Waals surface area contributed by atoms with Crippen LogP contribution in [0.2, 0.25) is 0 Å². The van der Waals surface area contributed by atoms with Gasteiger partial charge >= 0.3 is 5.97 Å². The number of aryl methyl sites for hydroxylation is 1. The van der Waals surface area contributed by atoms with Crippen molar-refractivity contribution >= 4 is 34.9 Å². The largest absolute Gasteiger partial charge is 0.449 e. The molecule has 2 rings (SSSR count). The van der Waals surface area contributed by atoms with E-state index in [4.69, 9.17) is 4.74 Å². The highest BCUT2D eigenvalue weighted by Gasteiger charge is 2.23. The van der Waals surface area contributed by atoms with E-state index in [0.29, 0.717) is 5.57 Å². The van der Waals surface area contributed by atoms with Gasteiger partial charge in [0.2, 0.25) is 0 Å². The van der Waals surface area contributed by atoms with Crippen molar-refractivity contribution in [2.24, 2.45) is 0 Å². The average Bonchev–Trinajstić information content (AvgIpc) is 3.05. The van der Waals surface area contributed by atoms with Gasteiger partial charge in [0.25, 0.3) is 5.91 Å². The maximum atomic E-state index is 12.6. The van der Waals surface area contributed by atoms with Gasteiger partial charge in [-0.2, -0.15) is 0 Å². The zero-order chi connectivity index (χ0) is 17.7. The van der Waals surface area contributed by atoms with Gasteiger partial charge in [-0.15, -0.1) is 11.3 Å². The predicted molar refractivity (Wildman–Crippen MR) is 97.6 cm³/mol. The second-order valence-corrected chi connectivity index (χ2v) is 6.68. The van der Waals surface area contributed by atoms with Crippen LogP contribution in [0.3, 0.4) is 0 Å². The number of thiophene rings is 1. The monoisotopic (exact) mass is 343 g/mol. The standard InChI is InChI=1S/C19H21NO3S/c1-13-7-5-8-15(11-13)12-16(17-9-6-10-24-17)19(22)23-14(2)18(21)20(3)4/h5-12,14H,1-4H3/b16-12+/t14-/m1/s1. The molecule has 0 N–H and O–H groups in total. The van der Waals surface area contributed by atoms with E-state index in [1.165, 1.54) is 16.2 Å². The zero-order valence-electron chi connectivity index (χ0n) is 14.3. The molecule has 1 aromatic carbocycles. The van der Waals surface area contributed by atoms with Crippen LogP contribution in [0.25, 0.3) is 11.6 Å². The SMILES string of the molecule is Cc1cccc(/C=C(/C(=O)O[C@H](C)C(=O)N(C)C)c2cccs2)c1. The molecule has 0 saturated carbocycles. The third-order valence-electron chi connectivity index (χ3n) is 3.43. The molecule has 0 saturated heterocycles. The van der Waals surface area contributed by atoms with E-state index in [1.807, 2.05) is 48.7 Å². The molecule has 126 valence electrons. The maximum absolute atomic E-state index is 12.6. The Bertz CT molecular complexity index is 748. The number of esters is 1. The van der Waals surface area contributed by atoms with Crippen LogP contribution in [0.15, 0.2) is 41.8 Å². The maximum Gasteiger partial charge on any atom is 0.340 e. The van der Waals surface area contributed by atoms with E-state index >= 15 is 0 Å². The Labute approximate surface area is 146 Å². The first-order chi connectivity index (χ1) is 11.4. The van der Waals surface area contributed by atoms with Crippen molar-refractivity contribution in [2.75, 3.05) is 14.1 Å². The predicted octanol–water partition coefficient (Wildman–Crippen LogP) is 3.62. The summed E-state index contributed by atoms with van der Waals surface area (Å²) >= 11 is 1.46. The van der Waals surface area contributed by atoms with Crippen LogP contribution in [0.4, 0.5) is 0 Å². The van der Waals surface area contributed by atoms with Crippen molar-refractivity contribution in [1.82, 2.24) is 4.90 Å². The molecule has 4 nitrogen and oxygen atoms in total. The summed E-state index contributed by atoms with van der Waals surface area (Å²) in [6, 6.07) is 11.6. The Morgan fingerprint density at radius 2 is 1.96 bits per heavy atom. The highest BCUT2D eigenvalue weighted by Crippen LogP contribution is 2.25. The molecule has 0 aliphatic carbocycles. The first-order valence-corrected chi connectivity index (χ1v) is 8.51. The summed E-state index contributed by atoms with van der Waals surface area (Å²) in [6.07, 6.45) is 0.974. The van der Waals surface area contributed by atoms with Crippen LogP contribution in [0.1, 0.15) is 22.9 Å². The molecule has 0 aliphatic rings. The number of benzene rings is 1. The van der Waals surface area contributed by atoms with Gasteiger partial charge in [-0.05, 0) is 36.9 Å². The van der Waals surface area contributed by atoms with Crippen LogP contribution in [0.5, 0.6) is 0 Å². The Morgan fingerprint density at radius 1 is 1.21 bits per heavy atom. The van der Waals surface area contributed by atoms with E-state index < -0.39 is 12.1 Å². The number of likely N-dealkylation sites (N-methyl/N-ethyl adjacent to an activating group) is 1. The molecule has 2 aromatic rings. The summed E-state index contributed by atoms with van der Waals surface area (Å²) in [5.74, 6) is -0.744. The fourth-order valence-corrected chi connectivity index (χ4v) is 2.96. The second kappa shape index (κ2) is 7.93. The molecule has 1 heterocycles. The molecule has 1 amide bonds. The highest BCUT2D eigenvalue weighted by atomic mass is 32.1. The zero-order valence-corrected chi connectivity index (χ0v) is 15.1.